The summed E-state index contributed by atoms with van der Waals surface area (Å²) < 4.78 is 11.4. The first-order chi connectivity index (χ1) is 11.7. The fourth-order valence-corrected chi connectivity index (χ4v) is 3.58. The van der Waals surface area contributed by atoms with Crippen molar-refractivity contribution < 1.29 is 13.6 Å². The Hall–Kier alpha value is -2.21. The Morgan fingerprint density at radius 3 is 2.88 bits per heavy atom. The van der Waals surface area contributed by atoms with Gasteiger partial charge in [-0.05, 0) is 49.6 Å². The summed E-state index contributed by atoms with van der Waals surface area (Å²) >= 11 is 1.47. The molecule has 4 rings (SSSR count). The summed E-state index contributed by atoms with van der Waals surface area (Å²) in [5, 5.41) is 0.611. The average molecular weight is 342 g/mol. The van der Waals surface area contributed by atoms with E-state index >= 15 is 0 Å². The molecular formula is C18H18N2O3S. The van der Waals surface area contributed by atoms with Crippen molar-refractivity contribution >= 4 is 28.8 Å². The predicted octanol–water partition coefficient (Wildman–Crippen LogP) is 4.26. The molecule has 3 heterocycles. The van der Waals surface area contributed by atoms with E-state index < -0.39 is 0 Å². The number of rotatable bonds is 4. The highest BCUT2D eigenvalue weighted by Gasteiger charge is 2.22. The number of likely N-dealkylation sites (tertiary alicyclic amines) is 1. The number of hydrogen-bond donors (Lipinski definition) is 0. The summed E-state index contributed by atoms with van der Waals surface area (Å²) in [6.45, 7) is 3.68. The number of aromatic nitrogens is 1. The second-order valence-corrected chi connectivity index (χ2v) is 6.93. The summed E-state index contributed by atoms with van der Waals surface area (Å²) in [6.07, 6.45) is 2.15. The summed E-state index contributed by atoms with van der Waals surface area (Å²) in [7, 11) is 0. The second-order valence-electron chi connectivity index (χ2n) is 6.00. The van der Waals surface area contributed by atoms with E-state index in [1.54, 1.807) is 6.07 Å². The smallest absolute Gasteiger partial charge is 0.289 e. The normalized spacial score (nSPS) is 14.6. The summed E-state index contributed by atoms with van der Waals surface area (Å²) in [5.41, 5.74) is 2.79. The monoisotopic (exact) mass is 342 g/mol. The van der Waals surface area contributed by atoms with Crippen molar-refractivity contribution in [2.24, 2.45) is 0 Å². The molecule has 1 amide bonds. The molecule has 24 heavy (non-hydrogen) atoms. The minimum absolute atomic E-state index is 0.0129. The zero-order valence-corrected chi connectivity index (χ0v) is 14.3. The lowest BCUT2D eigenvalue weighted by atomic mass is 10.2. The molecule has 1 fully saturated rings. The number of thioether (sulfide) groups is 1. The van der Waals surface area contributed by atoms with Gasteiger partial charge in [-0.1, -0.05) is 17.8 Å². The van der Waals surface area contributed by atoms with Gasteiger partial charge in [-0.25, -0.2) is 4.98 Å². The van der Waals surface area contributed by atoms with Gasteiger partial charge in [0.2, 0.25) is 0 Å². The third-order valence-electron chi connectivity index (χ3n) is 4.13. The number of carbonyl (C=O) groups excluding carboxylic acids is 1. The fraction of sp³-hybridized carbons (Fsp3) is 0.333. The molecule has 0 radical (unpaired) electrons. The Bertz CT molecular complexity index is 877. The van der Waals surface area contributed by atoms with Crippen molar-refractivity contribution in [3.63, 3.8) is 0 Å². The van der Waals surface area contributed by atoms with Gasteiger partial charge in [0.15, 0.2) is 11.3 Å². The molecule has 0 saturated carbocycles. The Labute approximate surface area is 144 Å². The van der Waals surface area contributed by atoms with Gasteiger partial charge in [-0.2, -0.15) is 0 Å². The van der Waals surface area contributed by atoms with Crippen LogP contribution in [0.25, 0.3) is 11.1 Å². The Balaban J connectivity index is 1.42. The molecule has 1 aromatic carbocycles. The van der Waals surface area contributed by atoms with Crippen LogP contribution >= 0.6 is 11.8 Å². The maximum absolute atomic E-state index is 12.3. The summed E-state index contributed by atoms with van der Waals surface area (Å²) in [5.74, 6) is 1.74. The average Bonchev–Trinajstić information content (AvgIpc) is 3.31. The number of hydrogen-bond acceptors (Lipinski definition) is 5. The number of oxazole rings is 1. The van der Waals surface area contributed by atoms with Gasteiger partial charge in [0, 0.05) is 13.1 Å². The minimum Gasteiger partial charge on any atom is -0.455 e. The highest BCUT2D eigenvalue weighted by Crippen LogP contribution is 2.27. The minimum atomic E-state index is -0.0129. The molecule has 1 saturated heterocycles. The van der Waals surface area contributed by atoms with Crippen LogP contribution in [-0.2, 0) is 5.75 Å². The second kappa shape index (κ2) is 6.36. The van der Waals surface area contributed by atoms with Crippen LogP contribution in [0.5, 0.6) is 0 Å². The SMILES string of the molecule is Cc1ccc2nc(SCc3ccc(C(=O)N4CCCC4)o3)oc2c1. The van der Waals surface area contributed by atoms with Gasteiger partial charge >= 0.3 is 0 Å². The van der Waals surface area contributed by atoms with Crippen molar-refractivity contribution in [3.8, 4) is 0 Å². The third-order valence-corrected chi connectivity index (χ3v) is 4.98. The molecule has 0 atom stereocenters. The maximum atomic E-state index is 12.3. The number of benzene rings is 1. The molecule has 2 aromatic heterocycles. The van der Waals surface area contributed by atoms with Gasteiger partial charge in [-0.3, -0.25) is 4.79 Å². The van der Waals surface area contributed by atoms with Crippen LogP contribution in [0.2, 0.25) is 0 Å². The molecule has 0 aliphatic carbocycles. The topological polar surface area (TPSA) is 59.5 Å². The number of amides is 1. The van der Waals surface area contributed by atoms with Crippen molar-refractivity contribution in [3.05, 3.63) is 47.4 Å². The maximum Gasteiger partial charge on any atom is 0.289 e. The van der Waals surface area contributed by atoms with Crippen molar-refractivity contribution in [1.29, 1.82) is 0 Å². The molecule has 5 nitrogen and oxygen atoms in total. The van der Waals surface area contributed by atoms with E-state index in [-0.39, 0.29) is 5.91 Å². The molecule has 0 unspecified atom stereocenters. The first-order valence-corrected chi connectivity index (χ1v) is 9.05. The molecule has 0 spiro atoms. The first kappa shape index (κ1) is 15.3. The molecule has 1 aliphatic rings. The Morgan fingerprint density at radius 1 is 1.21 bits per heavy atom. The third kappa shape index (κ3) is 3.06. The van der Waals surface area contributed by atoms with Crippen LogP contribution in [0.4, 0.5) is 0 Å². The fourth-order valence-electron chi connectivity index (χ4n) is 2.85. The van der Waals surface area contributed by atoms with Gasteiger partial charge in [0.1, 0.15) is 11.3 Å². The van der Waals surface area contributed by atoms with Crippen molar-refractivity contribution in [1.82, 2.24) is 9.88 Å². The van der Waals surface area contributed by atoms with Crippen LogP contribution in [0.1, 0.15) is 34.7 Å². The highest BCUT2D eigenvalue weighted by atomic mass is 32.2. The van der Waals surface area contributed by atoms with Crippen LogP contribution < -0.4 is 0 Å². The zero-order valence-electron chi connectivity index (χ0n) is 13.4. The van der Waals surface area contributed by atoms with Crippen LogP contribution in [0, 0.1) is 6.92 Å². The molecule has 0 N–H and O–H groups in total. The van der Waals surface area contributed by atoms with Crippen molar-refractivity contribution in [2.45, 2.75) is 30.7 Å². The van der Waals surface area contributed by atoms with E-state index in [0.29, 0.717) is 16.7 Å². The number of nitrogens with zero attached hydrogens (tertiary/aromatic N) is 2. The lowest BCUT2D eigenvalue weighted by Gasteiger charge is -2.12. The largest absolute Gasteiger partial charge is 0.455 e. The molecule has 1 aliphatic heterocycles. The molecule has 6 heteroatoms. The number of aryl methyl sites for hydroxylation is 1. The Morgan fingerprint density at radius 2 is 2.04 bits per heavy atom. The van der Waals surface area contributed by atoms with E-state index in [0.717, 1.165) is 48.4 Å². The lowest BCUT2D eigenvalue weighted by molar-refractivity contribution is 0.0760. The highest BCUT2D eigenvalue weighted by molar-refractivity contribution is 7.98. The van der Waals surface area contributed by atoms with Gasteiger partial charge in [-0.15, -0.1) is 0 Å². The van der Waals surface area contributed by atoms with Crippen LogP contribution in [0.3, 0.4) is 0 Å². The van der Waals surface area contributed by atoms with E-state index in [1.807, 2.05) is 36.1 Å². The van der Waals surface area contributed by atoms with E-state index in [9.17, 15) is 4.79 Å². The number of carbonyl (C=O) groups is 1. The van der Waals surface area contributed by atoms with E-state index in [1.165, 1.54) is 11.8 Å². The van der Waals surface area contributed by atoms with Gasteiger partial charge in [0.05, 0.1) is 5.75 Å². The molecule has 3 aromatic rings. The number of fused-ring (bicyclic) bond motifs is 1. The summed E-state index contributed by atoms with van der Waals surface area (Å²) in [6, 6.07) is 9.56. The van der Waals surface area contributed by atoms with E-state index in [4.69, 9.17) is 8.83 Å². The first-order valence-electron chi connectivity index (χ1n) is 8.07. The standard InChI is InChI=1S/C18H18N2O3S/c1-12-4-6-14-16(10-12)23-18(19-14)24-11-13-5-7-15(22-13)17(21)20-8-2-3-9-20/h4-7,10H,2-3,8-9,11H2,1H3. The van der Waals surface area contributed by atoms with Crippen LogP contribution in [0.15, 0.2) is 44.4 Å². The Kier molecular flexibility index (Phi) is 4.06. The predicted molar refractivity (Wildman–Crippen MR) is 92.2 cm³/mol. The quantitative estimate of drug-likeness (QED) is 0.663. The summed E-state index contributed by atoms with van der Waals surface area (Å²) in [4.78, 5) is 18.6. The lowest BCUT2D eigenvalue weighted by Crippen LogP contribution is -2.27. The number of furan rings is 1. The van der Waals surface area contributed by atoms with Gasteiger partial charge < -0.3 is 13.7 Å². The van der Waals surface area contributed by atoms with Gasteiger partial charge in [0.25, 0.3) is 11.1 Å². The van der Waals surface area contributed by atoms with Crippen molar-refractivity contribution in [2.75, 3.05) is 13.1 Å². The molecular weight excluding hydrogens is 324 g/mol. The van der Waals surface area contributed by atoms with E-state index in [2.05, 4.69) is 4.98 Å². The molecule has 124 valence electrons. The zero-order chi connectivity index (χ0) is 16.5. The molecule has 0 bridgehead atoms. The van der Waals surface area contributed by atoms with Crippen LogP contribution in [-0.4, -0.2) is 28.9 Å².